The summed E-state index contributed by atoms with van der Waals surface area (Å²) in [4.78, 5) is 27.4. The Hall–Kier alpha value is -3.13. The zero-order valence-corrected chi connectivity index (χ0v) is 14.8. The van der Waals surface area contributed by atoms with Crippen LogP contribution in [0.5, 0.6) is 0 Å². The van der Waals surface area contributed by atoms with Crippen LogP contribution in [-0.4, -0.2) is 32.7 Å². The molecule has 0 aliphatic carbocycles. The minimum absolute atomic E-state index is 0.139. The van der Waals surface area contributed by atoms with Crippen LogP contribution < -0.4 is 10.6 Å². The first kappa shape index (κ1) is 17.7. The first-order valence-corrected chi connectivity index (χ1v) is 8.87. The smallest absolute Gasteiger partial charge is 0.234 e. The number of H-pyrrole nitrogens is 1. The normalized spacial score (nSPS) is 10.3. The zero-order valence-electron chi connectivity index (χ0n) is 14.0. The van der Waals surface area contributed by atoms with Crippen LogP contribution >= 0.6 is 11.8 Å². The quantitative estimate of drug-likeness (QED) is 0.581. The highest BCUT2D eigenvalue weighted by molar-refractivity contribution is 7.99. The lowest BCUT2D eigenvalue weighted by molar-refractivity contribution is -0.114. The fraction of sp³-hybridized carbons (Fsp3) is 0.111. The average Bonchev–Trinajstić information content (AvgIpc) is 3.11. The van der Waals surface area contributed by atoms with Gasteiger partial charge in [-0.1, -0.05) is 42.1 Å². The Bertz CT molecular complexity index is 893. The third-order valence-corrected chi connectivity index (χ3v) is 4.18. The Morgan fingerprint density at radius 1 is 1.00 bits per heavy atom. The largest absolute Gasteiger partial charge is 0.326 e. The van der Waals surface area contributed by atoms with Crippen molar-refractivity contribution in [2.75, 3.05) is 16.4 Å². The van der Waals surface area contributed by atoms with Gasteiger partial charge in [0.2, 0.25) is 17.0 Å². The molecule has 3 aromatic rings. The molecule has 0 bridgehead atoms. The van der Waals surface area contributed by atoms with E-state index in [1.165, 1.54) is 18.7 Å². The van der Waals surface area contributed by atoms with E-state index in [9.17, 15) is 9.59 Å². The molecule has 0 saturated heterocycles. The van der Waals surface area contributed by atoms with Crippen molar-refractivity contribution in [3.63, 3.8) is 0 Å². The zero-order chi connectivity index (χ0) is 18.4. The number of benzene rings is 2. The van der Waals surface area contributed by atoms with Gasteiger partial charge in [0.1, 0.15) is 0 Å². The Morgan fingerprint density at radius 3 is 2.31 bits per heavy atom. The highest BCUT2D eigenvalue weighted by atomic mass is 32.2. The minimum atomic E-state index is -0.159. The van der Waals surface area contributed by atoms with Gasteiger partial charge >= 0.3 is 0 Å². The van der Waals surface area contributed by atoms with Gasteiger partial charge in [-0.25, -0.2) is 4.98 Å². The van der Waals surface area contributed by atoms with Crippen LogP contribution in [0.1, 0.15) is 6.92 Å². The summed E-state index contributed by atoms with van der Waals surface area (Å²) in [5, 5.41) is 13.0. The van der Waals surface area contributed by atoms with Crippen molar-refractivity contribution in [2.24, 2.45) is 0 Å². The molecular weight excluding hydrogens is 350 g/mol. The van der Waals surface area contributed by atoms with E-state index in [4.69, 9.17) is 0 Å². The fourth-order valence-electron chi connectivity index (χ4n) is 2.20. The third kappa shape index (κ3) is 4.93. The maximum Gasteiger partial charge on any atom is 0.234 e. The van der Waals surface area contributed by atoms with Gasteiger partial charge in [-0.15, -0.1) is 5.10 Å². The molecule has 0 unspecified atom stereocenters. The molecule has 8 heteroatoms. The van der Waals surface area contributed by atoms with Crippen molar-refractivity contribution in [1.82, 2.24) is 15.2 Å². The molecule has 3 N–H and O–H groups in total. The number of aromatic amines is 1. The molecule has 2 amide bonds. The van der Waals surface area contributed by atoms with Crippen molar-refractivity contribution in [2.45, 2.75) is 12.1 Å². The number of nitrogens with zero attached hydrogens (tertiary/aromatic N) is 2. The number of thioether (sulfide) groups is 1. The maximum atomic E-state index is 12.1. The van der Waals surface area contributed by atoms with E-state index >= 15 is 0 Å². The summed E-state index contributed by atoms with van der Waals surface area (Å²) in [5.74, 6) is 0.564. The van der Waals surface area contributed by atoms with Crippen LogP contribution in [0, 0.1) is 0 Å². The topological polar surface area (TPSA) is 99.8 Å². The lowest BCUT2D eigenvalue weighted by Crippen LogP contribution is -2.14. The molecule has 0 spiro atoms. The van der Waals surface area contributed by atoms with Crippen molar-refractivity contribution in [3.05, 3.63) is 54.6 Å². The van der Waals surface area contributed by atoms with Crippen LogP contribution in [0.15, 0.2) is 59.8 Å². The summed E-state index contributed by atoms with van der Waals surface area (Å²) in [6, 6.07) is 16.6. The number of anilines is 2. The monoisotopic (exact) mass is 367 g/mol. The second-order valence-corrected chi connectivity index (χ2v) is 6.37. The predicted molar refractivity (Wildman–Crippen MR) is 102 cm³/mol. The second-order valence-electron chi connectivity index (χ2n) is 5.43. The first-order chi connectivity index (χ1) is 12.6. The summed E-state index contributed by atoms with van der Waals surface area (Å²) in [7, 11) is 0. The molecule has 0 aliphatic heterocycles. The van der Waals surface area contributed by atoms with Gasteiger partial charge in [0.05, 0.1) is 5.75 Å². The fourth-order valence-corrected chi connectivity index (χ4v) is 2.80. The molecule has 0 aliphatic rings. The van der Waals surface area contributed by atoms with Crippen LogP contribution in [0.4, 0.5) is 11.4 Å². The molecule has 26 heavy (non-hydrogen) atoms. The molecule has 1 heterocycles. The van der Waals surface area contributed by atoms with E-state index in [1.54, 1.807) is 24.3 Å². The van der Waals surface area contributed by atoms with Gasteiger partial charge in [0, 0.05) is 23.9 Å². The number of nitrogens with one attached hydrogen (secondary N) is 3. The minimum Gasteiger partial charge on any atom is -0.326 e. The maximum absolute atomic E-state index is 12.1. The molecule has 0 saturated carbocycles. The van der Waals surface area contributed by atoms with Gasteiger partial charge in [-0.2, -0.15) is 0 Å². The van der Waals surface area contributed by atoms with Crippen LogP contribution in [0.3, 0.4) is 0 Å². The van der Waals surface area contributed by atoms with E-state index in [0.717, 1.165) is 5.56 Å². The molecule has 2 aromatic carbocycles. The average molecular weight is 367 g/mol. The SMILES string of the molecule is CC(=O)Nc1ccc(NC(=O)CSc2n[nH]c(-c3ccccc3)n2)cc1. The molecular formula is C18H17N5O2S. The van der Waals surface area contributed by atoms with Crippen molar-refractivity contribution in [1.29, 1.82) is 0 Å². The summed E-state index contributed by atoms with van der Waals surface area (Å²) in [6.45, 7) is 1.44. The Balaban J connectivity index is 1.51. The van der Waals surface area contributed by atoms with E-state index in [-0.39, 0.29) is 17.6 Å². The van der Waals surface area contributed by atoms with Gasteiger partial charge in [0.15, 0.2) is 5.82 Å². The van der Waals surface area contributed by atoms with E-state index < -0.39 is 0 Å². The number of carbonyl (C=O) groups is 2. The third-order valence-electron chi connectivity index (χ3n) is 3.33. The van der Waals surface area contributed by atoms with Crippen LogP contribution in [-0.2, 0) is 9.59 Å². The molecule has 7 nitrogen and oxygen atoms in total. The molecule has 0 radical (unpaired) electrons. The number of hydrogen-bond acceptors (Lipinski definition) is 5. The number of carbonyl (C=O) groups excluding carboxylic acids is 2. The Labute approximate surface area is 154 Å². The predicted octanol–water partition coefficient (Wildman–Crippen LogP) is 3.16. The van der Waals surface area contributed by atoms with Crippen LogP contribution in [0.2, 0.25) is 0 Å². The molecule has 132 valence electrons. The van der Waals surface area contributed by atoms with Gasteiger partial charge in [-0.3, -0.25) is 14.7 Å². The van der Waals surface area contributed by atoms with Crippen molar-refractivity contribution < 1.29 is 9.59 Å². The highest BCUT2D eigenvalue weighted by Gasteiger charge is 2.09. The number of aromatic nitrogens is 3. The van der Waals surface area contributed by atoms with Crippen molar-refractivity contribution in [3.8, 4) is 11.4 Å². The molecule has 0 fully saturated rings. The number of hydrogen-bond donors (Lipinski definition) is 3. The Morgan fingerprint density at radius 2 is 1.65 bits per heavy atom. The summed E-state index contributed by atoms with van der Waals surface area (Å²) in [6.07, 6.45) is 0. The summed E-state index contributed by atoms with van der Waals surface area (Å²) in [5.41, 5.74) is 2.28. The molecule has 1 aromatic heterocycles. The standard InChI is InChI=1S/C18H17N5O2S/c1-12(24)19-14-7-9-15(10-8-14)20-16(25)11-26-18-21-17(22-23-18)13-5-3-2-4-6-13/h2-10H,11H2,1H3,(H,19,24)(H,20,25)(H,21,22,23). The lowest BCUT2D eigenvalue weighted by Gasteiger charge is -2.06. The molecule has 0 atom stereocenters. The van der Waals surface area contributed by atoms with E-state index in [2.05, 4.69) is 25.8 Å². The van der Waals surface area contributed by atoms with Gasteiger partial charge < -0.3 is 10.6 Å². The van der Waals surface area contributed by atoms with E-state index in [1.807, 2.05) is 30.3 Å². The molecule has 3 rings (SSSR count). The highest BCUT2D eigenvalue weighted by Crippen LogP contribution is 2.19. The second kappa shape index (κ2) is 8.30. The number of rotatable bonds is 6. The van der Waals surface area contributed by atoms with E-state index in [0.29, 0.717) is 22.4 Å². The van der Waals surface area contributed by atoms with Gasteiger partial charge in [-0.05, 0) is 24.3 Å². The first-order valence-electron chi connectivity index (χ1n) is 7.88. The lowest BCUT2D eigenvalue weighted by atomic mass is 10.2. The van der Waals surface area contributed by atoms with Gasteiger partial charge in [0.25, 0.3) is 0 Å². The van der Waals surface area contributed by atoms with Crippen LogP contribution in [0.25, 0.3) is 11.4 Å². The Kier molecular flexibility index (Phi) is 5.65. The summed E-state index contributed by atoms with van der Waals surface area (Å²) >= 11 is 1.25. The van der Waals surface area contributed by atoms with Crippen molar-refractivity contribution >= 4 is 35.0 Å². The summed E-state index contributed by atoms with van der Waals surface area (Å²) < 4.78 is 0. The number of amides is 2.